The fourth-order valence-corrected chi connectivity index (χ4v) is 1.85. The molecular weight excluding hydrogens is 285 g/mol. The highest BCUT2D eigenvalue weighted by Crippen LogP contribution is 2.18. The molecule has 6 heteroatoms. The highest BCUT2D eigenvalue weighted by molar-refractivity contribution is 5.79. The van der Waals surface area contributed by atoms with Crippen LogP contribution in [0.25, 0.3) is 0 Å². The lowest BCUT2D eigenvalue weighted by atomic mass is 10.2. The van der Waals surface area contributed by atoms with Gasteiger partial charge in [0, 0.05) is 26.8 Å². The number of methoxy groups -OCH3 is 1. The first kappa shape index (κ1) is 18.2. The van der Waals surface area contributed by atoms with Gasteiger partial charge in [-0.3, -0.25) is 0 Å². The average molecular weight is 311 g/mol. The number of guanidine groups is 1. The Morgan fingerprint density at radius 1 is 1.27 bits per heavy atom. The predicted octanol–water partition coefficient (Wildman–Crippen LogP) is 2.32. The van der Waals surface area contributed by atoms with Crippen LogP contribution < -0.4 is 15.4 Å². The number of hydrogen-bond acceptors (Lipinski definition) is 3. The van der Waals surface area contributed by atoms with Crippen molar-refractivity contribution in [3.8, 4) is 5.75 Å². The summed E-state index contributed by atoms with van der Waals surface area (Å²) in [7, 11) is 1.68. The van der Waals surface area contributed by atoms with Crippen molar-refractivity contribution in [1.29, 1.82) is 0 Å². The molecule has 0 radical (unpaired) electrons. The third-order valence-corrected chi connectivity index (χ3v) is 2.88. The van der Waals surface area contributed by atoms with Gasteiger partial charge in [-0.05, 0) is 38.0 Å². The first-order chi connectivity index (χ1) is 10.7. The van der Waals surface area contributed by atoms with Crippen LogP contribution in [0.2, 0.25) is 0 Å². The Morgan fingerprint density at radius 2 is 2.09 bits per heavy atom. The van der Waals surface area contributed by atoms with Crippen LogP contribution in [0.15, 0.2) is 23.2 Å². The Labute approximate surface area is 131 Å². The van der Waals surface area contributed by atoms with E-state index in [4.69, 9.17) is 9.47 Å². The van der Waals surface area contributed by atoms with Crippen LogP contribution in [0.1, 0.15) is 25.8 Å². The lowest BCUT2D eigenvalue weighted by molar-refractivity contribution is 0.195. The van der Waals surface area contributed by atoms with Gasteiger partial charge >= 0.3 is 0 Å². The van der Waals surface area contributed by atoms with E-state index >= 15 is 0 Å². The molecule has 0 spiro atoms. The number of nitrogens with one attached hydrogen (secondary N) is 2. The topological polar surface area (TPSA) is 54.9 Å². The van der Waals surface area contributed by atoms with Gasteiger partial charge in [-0.1, -0.05) is 6.07 Å². The van der Waals surface area contributed by atoms with Gasteiger partial charge in [0.05, 0.1) is 13.2 Å². The number of rotatable bonds is 9. The molecular formula is C16H26FN3O2. The Hall–Kier alpha value is -1.82. The van der Waals surface area contributed by atoms with Gasteiger partial charge < -0.3 is 20.1 Å². The molecule has 0 aliphatic heterocycles. The van der Waals surface area contributed by atoms with Crippen molar-refractivity contribution in [2.24, 2.45) is 4.99 Å². The summed E-state index contributed by atoms with van der Waals surface area (Å²) in [5.41, 5.74) is 0.801. The zero-order valence-corrected chi connectivity index (χ0v) is 13.6. The molecule has 0 bridgehead atoms. The van der Waals surface area contributed by atoms with Crippen LogP contribution in [-0.2, 0) is 11.3 Å². The number of halogens is 1. The van der Waals surface area contributed by atoms with E-state index in [2.05, 4.69) is 15.6 Å². The smallest absolute Gasteiger partial charge is 0.191 e. The van der Waals surface area contributed by atoms with E-state index in [1.807, 2.05) is 19.9 Å². The van der Waals surface area contributed by atoms with Crippen LogP contribution >= 0.6 is 0 Å². The van der Waals surface area contributed by atoms with Crippen molar-refractivity contribution in [1.82, 2.24) is 10.6 Å². The van der Waals surface area contributed by atoms with Crippen molar-refractivity contribution >= 4 is 5.96 Å². The molecule has 0 saturated heterocycles. The molecule has 1 aromatic rings. The standard InChI is InChI=1S/C16H26FN3O2/c1-4-18-16(19-9-6-10-21-3)20-12-13-7-8-15(22-5-2)14(17)11-13/h7-8,11H,4-6,9-10,12H2,1-3H3,(H2,18,19,20). The van der Waals surface area contributed by atoms with E-state index in [0.29, 0.717) is 25.7 Å². The predicted molar refractivity (Wildman–Crippen MR) is 86.9 cm³/mol. The molecule has 0 aliphatic rings. The molecule has 0 atom stereocenters. The van der Waals surface area contributed by atoms with Crippen molar-refractivity contribution in [2.75, 3.05) is 33.4 Å². The summed E-state index contributed by atoms with van der Waals surface area (Å²) in [5, 5.41) is 6.37. The summed E-state index contributed by atoms with van der Waals surface area (Å²) in [6, 6.07) is 4.93. The van der Waals surface area contributed by atoms with E-state index in [1.165, 1.54) is 6.07 Å². The maximum absolute atomic E-state index is 13.8. The molecule has 0 unspecified atom stereocenters. The molecule has 0 fully saturated rings. The molecule has 0 saturated carbocycles. The zero-order valence-electron chi connectivity index (χ0n) is 13.6. The van der Waals surface area contributed by atoms with Gasteiger partial charge in [0.1, 0.15) is 0 Å². The van der Waals surface area contributed by atoms with E-state index in [-0.39, 0.29) is 11.6 Å². The molecule has 1 aromatic carbocycles. The van der Waals surface area contributed by atoms with Crippen LogP contribution in [-0.4, -0.2) is 39.4 Å². The van der Waals surface area contributed by atoms with Crippen LogP contribution in [0.4, 0.5) is 4.39 Å². The minimum atomic E-state index is -0.354. The Bertz CT molecular complexity index is 467. The van der Waals surface area contributed by atoms with E-state index in [1.54, 1.807) is 13.2 Å². The van der Waals surface area contributed by atoms with Crippen LogP contribution in [0.5, 0.6) is 5.75 Å². The number of hydrogen-bond donors (Lipinski definition) is 2. The van der Waals surface area contributed by atoms with Gasteiger partial charge in [-0.2, -0.15) is 0 Å². The second kappa shape index (κ2) is 10.8. The first-order valence-corrected chi connectivity index (χ1v) is 7.63. The first-order valence-electron chi connectivity index (χ1n) is 7.63. The highest BCUT2D eigenvalue weighted by Gasteiger charge is 2.04. The fourth-order valence-electron chi connectivity index (χ4n) is 1.85. The molecule has 124 valence electrons. The van der Waals surface area contributed by atoms with Crippen molar-refractivity contribution in [2.45, 2.75) is 26.8 Å². The highest BCUT2D eigenvalue weighted by atomic mass is 19.1. The second-order valence-electron chi connectivity index (χ2n) is 4.67. The van der Waals surface area contributed by atoms with Gasteiger partial charge in [-0.25, -0.2) is 9.38 Å². The van der Waals surface area contributed by atoms with Gasteiger partial charge in [0.25, 0.3) is 0 Å². The lowest BCUT2D eigenvalue weighted by Gasteiger charge is -2.11. The maximum Gasteiger partial charge on any atom is 0.191 e. The third-order valence-electron chi connectivity index (χ3n) is 2.88. The summed E-state index contributed by atoms with van der Waals surface area (Å²) in [6.45, 7) is 6.94. The largest absolute Gasteiger partial charge is 0.491 e. The van der Waals surface area contributed by atoms with E-state index in [0.717, 1.165) is 25.1 Å². The van der Waals surface area contributed by atoms with E-state index in [9.17, 15) is 4.39 Å². The molecule has 2 N–H and O–H groups in total. The normalized spacial score (nSPS) is 11.4. The second-order valence-corrected chi connectivity index (χ2v) is 4.67. The summed E-state index contributed by atoms with van der Waals surface area (Å²) < 4.78 is 24.0. The molecule has 0 amide bonds. The van der Waals surface area contributed by atoms with Gasteiger partial charge in [0.2, 0.25) is 0 Å². The van der Waals surface area contributed by atoms with Gasteiger partial charge in [0.15, 0.2) is 17.5 Å². The fraction of sp³-hybridized carbons (Fsp3) is 0.562. The molecule has 5 nitrogen and oxygen atoms in total. The van der Waals surface area contributed by atoms with Crippen molar-refractivity contribution in [3.63, 3.8) is 0 Å². The quantitative estimate of drug-likeness (QED) is 0.417. The monoisotopic (exact) mass is 311 g/mol. The minimum Gasteiger partial charge on any atom is -0.491 e. The van der Waals surface area contributed by atoms with Crippen LogP contribution in [0, 0.1) is 5.82 Å². The molecule has 0 heterocycles. The van der Waals surface area contributed by atoms with Crippen molar-refractivity contribution < 1.29 is 13.9 Å². The Morgan fingerprint density at radius 3 is 2.73 bits per heavy atom. The SMILES string of the molecule is CCNC(=NCc1ccc(OCC)c(F)c1)NCCCOC. The minimum absolute atomic E-state index is 0.278. The Kier molecular flexibility index (Phi) is 8.98. The summed E-state index contributed by atoms with van der Waals surface area (Å²) in [6.07, 6.45) is 0.901. The number of benzene rings is 1. The third kappa shape index (κ3) is 6.76. The number of aliphatic imine (C=N–C) groups is 1. The molecule has 22 heavy (non-hydrogen) atoms. The zero-order chi connectivity index (χ0) is 16.2. The summed E-state index contributed by atoms with van der Waals surface area (Å²) in [4.78, 5) is 4.44. The maximum atomic E-state index is 13.8. The average Bonchev–Trinajstić information content (AvgIpc) is 2.51. The summed E-state index contributed by atoms with van der Waals surface area (Å²) >= 11 is 0. The number of nitrogens with zero attached hydrogens (tertiary/aromatic N) is 1. The number of ether oxygens (including phenoxy) is 2. The van der Waals surface area contributed by atoms with Crippen LogP contribution in [0.3, 0.4) is 0 Å². The van der Waals surface area contributed by atoms with E-state index < -0.39 is 0 Å². The molecule has 0 aromatic heterocycles. The van der Waals surface area contributed by atoms with Crippen molar-refractivity contribution in [3.05, 3.63) is 29.6 Å². The van der Waals surface area contributed by atoms with Gasteiger partial charge in [-0.15, -0.1) is 0 Å². The Balaban J connectivity index is 2.59. The summed E-state index contributed by atoms with van der Waals surface area (Å²) in [5.74, 6) is 0.639. The lowest BCUT2D eigenvalue weighted by Crippen LogP contribution is -2.38. The molecule has 1 rings (SSSR count). The molecule has 0 aliphatic carbocycles.